The van der Waals surface area contributed by atoms with Gasteiger partial charge in [0.15, 0.2) is 0 Å². The molecule has 0 radical (unpaired) electrons. The summed E-state index contributed by atoms with van der Waals surface area (Å²) >= 11 is 0. The number of nitrogens with one attached hydrogen (secondary N) is 1. The molecule has 1 aromatic carbocycles. The Morgan fingerprint density at radius 1 is 1.16 bits per heavy atom. The highest BCUT2D eigenvalue weighted by Gasteiger charge is 2.02. The second-order valence-corrected chi connectivity index (χ2v) is 4.54. The van der Waals surface area contributed by atoms with Crippen LogP contribution in [0.3, 0.4) is 0 Å². The Morgan fingerprint density at radius 3 is 2.79 bits per heavy atom. The van der Waals surface area contributed by atoms with Gasteiger partial charge in [0.1, 0.15) is 5.75 Å². The highest BCUT2D eigenvalue weighted by molar-refractivity contribution is 5.56. The number of nitrogens with zero attached hydrogens (tertiary/aromatic N) is 1. The molecule has 3 heteroatoms. The molecule has 19 heavy (non-hydrogen) atoms. The van der Waals surface area contributed by atoms with E-state index in [2.05, 4.69) is 35.3 Å². The van der Waals surface area contributed by atoms with Gasteiger partial charge in [-0.2, -0.15) is 0 Å². The Kier molecular flexibility index (Phi) is 4.90. The molecule has 0 spiro atoms. The molecule has 0 saturated heterocycles. The van der Waals surface area contributed by atoms with Gasteiger partial charge in [0, 0.05) is 25.5 Å². The number of ether oxygens (including phenoxy) is 1. The molecular weight excluding hydrogens is 236 g/mol. The van der Waals surface area contributed by atoms with Crippen molar-refractivity contribution in [1.29, 1.82) is 0 Å². The van der Waals surface area contributed by atoms with Gasteiger partial charge >= 0.3 is 0 Å². The largest absolute Gasteiger partial charge is 0.492 e. The average molecular weight is 258 g/mol. The van der Waals surface area contributed by atoms with Gasteiger partial charge < -0.3 is 14.6 Å². The molecule has 1 aromatic heterocycles. The molecule has 0 aliphatic heterocycles. The Bertz CT molecular complexity index is 505. The maximum Gasteiger partial charge on any atom is 0.142 e. The van der Waals surface area contributed by atoms with Gasteiger partial charge in [0.05, 0.1) is 12.3 Å². The van der Waals surface area contributed by atoms with Crippen LogP contribution in [0.15, 0.2) is 42.7 Å². The van der Waals surface area contributed by atoms with Crippen molar-refractivity contribution in [3.8, 4) is 5.75 Å². The predicted octanol–water partition coefficient (Wildman–Crippen LogP) is 3.91. The van der Waals surface area contributed by atoms with Crippen molar-refractivity contribution in [2.75, 3.05) is 11.9 Å². The quantitative estimate of drug-likeness (QED) is 0.815. The van der Waals surface area contributed by atoms with Crippen molar-refractivity contribution in [2.24, 2.45) is 0 Å². The third kappa shape index (κ3) is 3.78. The number of aromatic nitrogens is 1. The van der Waals surface area contributed by atoms with E-state index in [-0.39, 0.29) is 0 Å². The fraction of sp³-hybridized carbons (Fsp3) is 0.375. The van der Waals surface area contributed by atoms with Crippen molar-refractivity contribution in [1.82, 2.24) is 4.57 Å². The lowest BCUT2D eigenvalue weighted by Crippen LogP contribution is -2.02. The van der Waals surface area contributed by atoms with Crippen molar-refractivity contribution >= 4 is 5.69 Å². The van der Waals surface area contributed by atoms with E-state index in [1.54, 1.807) is 0 Å². The summed E-state index contributed by atoms with van der Waals surface area (Å²) in [4.78, 5) is 0. The number of hydrogen-bond acceptors (Lipinski definition) is 2. The molecule has 0 amide bonds. The first-order chi connectivity index (χ1) is 9.33. The van der Waals surface area contributed by atoms with Crippen LogP contribution in [0.2, 0.25) is 0 Å². The Labute approximate surface area is 115 Å². The molecule has 0 unspecified atom stereocenters. The number of para-hydroxylation sites is 2. The lowest BCUT2D eigenvalue weighted by atomic mass is 10.2. The minimum Gasteiger partial charge on any atom is -0.492 e. The first-order valence-corrected chi connectivity index (χ1v) is 6.93. The molecule has 0 aliphatic rings. The molecule has 3 nitrogen and oxygen atoms in total. The summed E-state index contributed by atoms with van der Waals surface area (Å²) < 4.78 is 7.83. The predicted molar refractivity (Wildman–Crippen MR) is 79.7 cm³/mol. The highest BCUT2D eigenvalue weighted by Crippen LogP contribution is 2.24. The molecule has 102 valence electrons. The standard InChI is InChI=1S/C16H22N2O/c1-3-10-18-11-9-14(13-18)12-17-15-7-5-6-8-16(15)19-4-2/h5-9,11,13,17H,3-4,10,12H2,1-2H3. The van der Waals surface area contributed by atoms with Crippen LogP contribution in [-0.2, 0) is 13.1 Å². The molecule has 0 aliphatic carbocycles. The van der Waals surface area contributed by atoms with Crippen LogP contribution >= 0.6 is 0 Å². The van der Waals surface area contributed by atoms with Crippen molar-refractivity contribution < 1.29 is 4.74 Å². The summed E-state index contributed by atoms with van der Waals surface area (Å²) in [6, 6.07) is 10.2. The molecule has 2 rings (SSSR count). The third-order valence-electron chi connectivity index (χ3n) is 2.96. The molecule has 0 saturated carbocycles. The summed E-state index contributed by atoms with van der Waals surface area (Å²) in [5, 5.41) is 3.43. The summed E-state index contributed by atoms with van der Waals surface area (Å²) in [7, 11) is 0. The molecule has 1 N–H and O–H groups in total. The second-order valence-electron chi connectivity index (χ2n) is 4.54. The van der Waals surface area contributed by atoms with E-state index >= 15 is 0 Å². The summed E-state index contributed by atoms with van der Waals surface area (Å²) in [6.07, 6.45) is 5.49. The van der Waals surface area contributed by atoms with Crippen LogP contribution in [0.25, 0.3) is 0 Å². The van der Waals surface area contributed by atoms with E-state index in [1.807, 2.05) is 31.2 Å². The average Bonchev–Trinajstić information content (AvgIpc) is 2.86. The number of anilines is 1. The normalized spacial score (nSPS) is 10.4. The Balaban J connectivity index is 1.97. The van der Waals surface area contributed by atoms with E-state index in [1.165, 1.54) is 5.56 Å². The third-order valence-corrected chi connectivity index (χ3v) is 2.96. The molecule has 2 aromatic rings. The Hall–Kier alpha value is -1.90. The van der Waals surface area contributed by atoms with E-state index < -0.39 is 0 Å². The van der Waals surface area contributed by atoms with E-state index in [0.717, 1.165) is 30.9 Å². The monoisotopic (exact) mass is 258 g/mol. The number of benzene rings is 1. The van der Waals surface area contributed by atoms with Gasteiger partial charge in [0.25, 0.3) is 0 Å². The van der Waals surface area contributed by atoms with Crippen molar-refractivity contribution in [2.45, 2.75) is 33.4 Å². The fourth-order valence-electron chi connectivity index (χ4n) is 2.08. The number of aryl methyl sites for hydroxylation is 1. The van der Waals surface area contributed by atoms with Crippen LogP contribution in [-0.4, -0.2) is 11.2 Å². The molecule has 0 bridgehead atoms. The lowest BCUT2D eigenvalue weighted by molar-refractivity contribution is 0.341. The van der Waals surface area contributed by atoms with Crippen molar-refractivity contribution in [3.05, 3.63) is 48.3 Å². The first kappa shape index (κ1) is 13.5. The number of rotatable bonds is 7. The molecule has 0 fully saturated rings. The SMILES string of the molecule is CCCn1ccc(CNc2ccccc2OCC)c1. The fourth-order valence-corrected chi connectivity index (χ4v) is 2.08. The summed E-state index contributed by atoms with van der Waals surface area (Å²) in [6.45, 7) is 6.78. The molecule has 0 atom stereocenters. The van der Waals surface area contributed by atoms with Gasteiger partial charge in [-0.25, -0.2) is 0 Å². The zero-order valence-corrected chi connectivity index (χ0v) is 11.7. The lowest BCUT2D eigenvalue weighted by Gasteiger charge is -2.11. The van der Waals surface area contributed by atoms with Crippen LogP contribution in [0, 0.1) is 0 Å². The maximum absolute atomic E-state index is 5.60. The van der Waals surface area contributed by atoms with E-state index in [9.17, 15) is 0 Å². The minimum absolute atomic E-state index is 0.686. The topological polar surface area (TPSA) is 26.2 Å². The van der Waals surface area contributed by atoms with Gasteiger partial charge in [-0.1, -0.05) is 19.1 Å². The van der Waals surface area contributed by atoms with Gasteiger partial charge in [-0.3, -0.25) is 0 Å². The Morgan fingerprint density at radius 2 is 2.00 bits per heavy atom. The zero-order chi connectivity index (χ0) is 13.5. The van der Waals surface area contributed by atoms with Crippen LogP contribution in [0.1, 0.15) is 25.8 Å². The molecule has 1 heterocycles. The van der Waals surface area contributed by atoms with Gasteiger partial charge in [0.2, 0.25) is 0 Å². The van der Waals surface area contributed by atoms with E-state index in [0.29, 0.717) is 6.61 Å². The summed E-state index contributed by atoms with van der Waals surface area (Å²) in [5.41, 5.74) is 2.34. The number of hydrogen-bond donors (Lipinski definition) is 1. The van der Waals surface area contributed by atoms with Crippen molar-refractivity contribution in [3.63, 3.8) is 0 Å². The highest BCUT2D eigenvalue weighted by atomic mass is 16.5. The zero-order valence-electron chi connectivity index (χ0n) is 11.7. The summed E-state index contributed by atoms with van der Waals surface area (Å²) in [5.74, 6) is 0.915. The maximum atomic E-state index is 5.60. The molecular formula is C16H22N2O. The second kappa shape index (κ2) is 6.88. The smallest absolute Gasteiger partial charge is 0.142 e. The van der Waals surface area contributed by atoms with E-state index in [4.69, 9.17) is 4.74 Å². The minimum atomic E-state index is 0.686. The first-order valence-electron chi connectivity index (χ1n) is 6.93. The van der Waals surface area contributed by atoms with Crippen LogP contribution in [0.5, 0.6) is 5.75 Å². The van der Waals surface area contributed by atoms with Gasteiger partial charge in [-0.05, 0) is 37.1 Å². The van der Waals surface area contributed by atoms with Crippen LogP contribution in [0.4, 0.5) is 5.69 Å². The van der Waals surface area contributed by atoms with Crippen LogP contribution < -0.4 is 10.1 Å². The van der Waals surface area contributed by atoms with Gasteiger partial charge in [-0.15, -0.1) is 0 Å².